The number of alkyl halides is 3. The number of hydrogen-bond donors (Lipinski definition) is 1. The summed E-state index contributed by atoms with van der Waals surface area (Å²) in [5.74, 6) is -0.398. The van der Waals surface area contributed by atoms with Gasteiger partial charge in [-0.15, -0.1) is 0 Å². The molecular formula is C22H25F3N4O3. The Balaban J connectivity index is 1.64. The molecule has 0 atom stereocenters. The van der Waals surface area contributed by atoms with Gasteiger partial charge >= 0.3 is 12.1 Å². The third-order valence-electron chi connectivity index (χ3n) is 5.20. The van der Waals surface area contributed by atoms with Crippen LogP contribution in [-0.2, 0) is 9.53 Å². The number of benzene rings is 1. The van der Waals surface area contributed by atoms with Crippen molar-refractivity contribution in [3.8, 4) is 0 Å². The van der Waals surface area contributed by atoms with E-state index in [-0.39, 0.29) is 22.8 Å². The van der Waals surface area contributed by atoms with Crippen LogP contribution in [0.4, 0.5) is 30.4 Å². The van der Waals surface area contributed by atoms with Crippen molar-refractivity contribution in [1.29, 1.82) is 0 Å². The van der Waals surface area contributed by atoms with Gasteiger partial charge in [-0.1, -0.05) is 19.4 Å². The largest absolute Gasteiger partial charge is 0.456 e. The van der Waals surface area contributed by atoms with Gasteiger partial charge in [-0.3, -0.25) is 9.59 Å². The van der Waals surface area contributed by atoms with Crippen LogP contribution >= 0.6 is 0 Å². The van der Waals surface area contributed by atoms with Crippen LogP contribution in [0.3, 0.4) is 0 Å². The topological polar surface area (TPSA) is 87.7 Å². The van der Waals surface area contributed by atoms with Crippen LogP contribution in [-0.4, -0.2) is 35.3 Å². The number of aryl methyl sites for hydroxylation is 2. The third kappa shape index (κ3) is 5.74. The minimum absolute atomic E-state index is 0.0510. The molecule has 0 spiro atoms. The van der Waals surface area contributed by atoms with Crippen LogP contribution < -0.4 is 21.3 Å². The molecule has 32 heavy (non-hydrogen) atoms. The first-order chi connectivity index (χ1) is 15.0. The number of anilines is 2. The molecule has 0 saturated carbocycles. The monoisotopic (exact) mass is 450 g/mol. The van der Waals surface area contributed by atoms with Gasteiger partial charge in [0, 0.05) is 13.0 Å². The molecule has 0 radical (unpaired) electrons. The summed E-state index contributed by atoms with van der Waals surface area (Å²) in [6.45, 7) is 6.72. The molecule has 0 amide bonds. The molecule has 1 aromatic carbocycles. The Morgan fingerprint density at radius 1 is 1.16 bits per heavy atom. The number of hydrogen-bond acceptors (Lipinski definition) is 6. The summed E-state index contributed by atoms with van der Waals surface area (Å²) in [4.78, 5) is 37.2. The Labute approximate surface area is 182 Å². The Kier molecular flexibility index (Phi) is 7.00. The molecule has 3 rings (SSSR count). The van der Waals surface area contributed by atoms with Crippen LogP contribution in [0.1, 0.15) is 43.2 Å². The lowest BCUT2D eigenvalue weighted by Crippen LogP contribution is -2.42. The van der Waals surface area contributed by atoms with Crippen molar-refractivity contribution in [3.63, 3.8) is 0 Å². The molecule has 0 fully saturated rings. The number of H-pyrrole nitrogens is 1. The molecule has 172 valence electrons. The predicted molar refractivity (Wildman–Crippen MR) is 114 cm³/mol. The number of aromatic nitrogens is 2. The number of halogens is 3. The second kappa shape index (κ2) is 9.54. The molecule has 1 aromatic heterocycles. The number of nitrogens with one attached hydrogen (secondary N) is 1. The van der Waals surface area contributed by atoms with Crippen molar-refractivity contribution in [3.05, 3.63) is 44.5 Å². The summed E-state index contributed by atoms with van der Waals surface area (Å²) in [7, 11) is 0. The molecule has 1 aliphatic rings. The van der Waals surface area contributed by atoms with Crippen LogP contribution in [0.5, 0.6) is 0 Å². The number of carbonyl (C=O) groups excluding carboxylic acids is 1. The van der Waals surface area contributed by atoms with Crippen molar-refractivity contribution in [2.75, 3.05) is 18.1 Å². The molecule has 2 aromatic rings. The Bertz CT molecular complexity index is 1170. The summed E-state index contributed by atoms with van der Waals surface area (Å²) in [6.07, 6.45) is -1.98. The molecule has 1 aliphatic heterocycles. The Morgan fingerprint density at radius 2 is 1.84 bits per heavy atom. The van der Waals surface area contributed by atoms with E-state index in [1.165, 1.54) is 0 Å². The smallest absolute Gasteiger partial charge is 0.422 e. The zero-order chi connectivity index (χ0) is 23.5. The van der Waals surface area contributed by atoms with Gasteiger partial charge < -0.3 is 14.6 Å². The summed E-state index contributed by atoms with van der Waals surface area (Å²) in [6, 6.07) is 3.95. The normalized spacial score (nSPS) is 12.7. The predicted octanol–water partition coefficient (Wildman–Crippen LogP) is 3.26. The summed E-state index contributed by atoms with van der Waals surface area (Å²) >= 11 is 0. The summed E-state index contributed by atoms with van der Waals surface area (Å²) in [5.41, 5.74) is 3.59. The van der Waals surface area contributed by atoms with Crippen molar-refractivity contribution in [2.24, 2.45) is 4.99 Å². The van der Waals surface area contributed by atoms with Crippen molar-refractivity contribution < 1.29 is 22.7 Å². The van der Waals surface area contributed by atoms with Crippen LogP contribution in [0.25, 0.3) is 6.58 Å². The minimum Gasteiger partial charge on any atom is -0.456 e. The summed E-state index contributed by atoms with van der Waals surface area (Å²) < 4.78 is 40.4. The van der Waals surface area contributed by atoms with Gasteiger partial charge in [-0.2, -0.15) is 13.2 Å². The number of esters is 1. The maximum Gasteiger partial charge on any atom is 0.422 e. The highest BCUT2D eigenvalue weighted by molar-refractivity contribution is 5.77. The zero-order valence-electron chi connectivity index (χ0n) is 18.0. The number of carbonyl (C=O) groups is 1. The van der Waals surface area contributed by atoms with E-state index in [1.807, 2.05) is 30.9 Å². The SMILES string of the molecule is C=c1nc2c(c(=O)[nH]1)=Nc1cc(C)c(C)cc1N2CCCCCCC(=O)OCC(F)(F)F. The van der Waals surface area contributed by atoms with E-state index in [4.69, 9.17) is 0 Å². The number of rotatable bonds is 8. The average Bonchev–Trinajstić information content (AvgIpc) is 2.69. The number of aromatic amines is 1. The van der Waals surface area contributed by atoms with Crippen molar-refractivity contribution >= 4 is 29.7 Å². The number of unbranched alkanes of at least 4 members (excludes halogenated alkanes) is 3. The number of fused-ring (bicyclic) bond motifs is 2. The summed E-state index contributed by atoms with van der Waals surface area (Å²) in [5, 5.41) is 0.237. The van der Waals surface area contributed by atoms with Gasteiger partial charge in [0.2, 0.25) is 0 Å². The lowest BCUT2D eigenvalue weighted by molar-refractivity contribution is -0.186. The standard InChI is InChI=1S/C22H25F3N4O3/c1-13-10-16-17(11-14(13)2)29(20-19(28-16)21(31)27-15(3)26-20)9-7-5-4-6-8-18(30)32-12-22(23,24)25/h10-11H,3-9,12H2,1-2H3,(H,27,31). The first kappa shape index (κ1) is 23.5. The Morgan fingerprint density at radius 3 is 2.56 bits per heavy atom. The zero-order valence-corrected chi connectivity index (χ0v) is 18.0. The van der Waals surface area contributed by atoms with Gasteiger partial charge in [0.25, 0.3) is 5.56 Å². The molecular weight excluding hydrogens is 425 g/mol. The van der Waals surface area contributed by atoms with Gasteiger partial charge in [-0.05, 0) is 49.9 Å². The molecule has 2 heterocycles. The fourth-order valence-electron chi connectivity index (χ4n) is 3.47. The van der Waals surface area contributed by atoms with E-state index in [0.717, 1.165) is 29.7 Å². The molecule has 7 nitrogen and oxygen atoms in total. The molecule has 0 aliphatic carbocycles. The molecule has 0 unspecified atom stereocenters. The highest BCUT2D eigenvalue weighted by atomic mass is 19.4. The van der Waals surface area contributed by atoms with E-state index in [9.17, 15) is 22.8 Å². The highest BCUT2D eigenvalue weighted by Gasteiger charge is 2.29. The second-order valence-corrected chi connectivity index (χ2v) is 7.81. The molecule has 1 N–H and O–H groups in total. The molecule has 0 bridgehead atoms. The maximum absolute atomic E-state index is 12.4. The molecule has 0 saturated heterocycles. The molecule has 10 heteroatoms. The van der Waals surface area contributed by atoms with E-state index in [2.05, 4.69) is 26.3 Å². The Hall–Kier alpha value is -3.17. The lowest BCUT2D eigenvalue weighted by atomic mass is 10.1. The van der Waals surface area contributed by atoms with Gasteiger partial charge in [0.1, 0.15) is 5.48 Å². The fraction of sp³-hybridized carbons (Fsp3) is 0.455. The quantitative estimate of drug-likeness (QED) is 0.493. The fourth-order valence-corrected chi connectivity index (χ4v) is 3.47. The van der Waals surface area contributed by atoms with E-state index in [1.54, 1.807) is 0 Å². The lowest BCUT2D eigenvalue weighted by Gasteiger charge is -2.28. The maximum atomic E-state index is 12.4. The van der Waals surface area contributed by atoms with Crippen LogP contribution in [0.2, 0.25) is 0 Å². The van der Waals surface area contributed by atoms with Gasteiger partial charge in [0.05, 0.1) is 11.4 Å². The van der Waals surface area contributed by atoms with Crippen molar-refractivity contribution in [2.45, 2.75) is 52.1 Å². The first-order valence-corrected chi connectivity index (χ1v) is 10.3. The van der Waals surface area contributed by atoms with E-state index >= 15 is 0 Å². The van der Waals surface area contributed by atoms with Crippen LogP contribution in [0, 0.1) is 13.8 Å². The van der Waals surface area contributed by atoms with Gasteiger partial charge in [0.15, 0.2) is 17.8 Å². The van der Waals surface area contributed by atoms with Crippen LogP contribution in [0.15, 0.2) is 21.9 Å². The number of ether oxygens (including phenoxy) is 1. The highest BCUT2D eigenvalue weighted by Crippen LogP contribution is 2.36. The first-order valence-electron chi connectivity index (χ1n) is 10.3. The number of nitrogens with zero attached hydrogens (tertiary/aromatic N) is 3. The average molecular weight is 450 g/mol. The minimum atomic E-state index is -4.51. The van der Waals surface area contributed by atoms with E-state index in [0.29, 0.717) is 30.9 Å². The third-order valence-corrected chi connectivity index (χ3v) is 5.20. The van der Waals surface area contributed by atoms with Crippen molar-refractivity contribution in [1.82, 2.24) is 9.97 Å². The van der Waals surface area contributed by atoms with Gasteiger partial charge in [-0.25, -0.2) is 9.98 Å². The second-order valence-electron chi connectivity index (χ2n) is 7.81. The van der Waals surface area contributed by atoms with E-state index < -0.39 is 18.8 Å².